The molecule has 1 aromatic rings. The Kier molecular flexibility index (Phi) is 4.97. The van der Waals surface area contributed by atoms with E-state index >= 15 is 0 Å². The molecule has 1 aliphatic rings. The molecule has 2 rings (SSSR count). The van der Waals surface area contributed by atoms with Crippen molar-refractivity contribution in [3.8, 4) is 0 Å². The van der Waals surface area contributed by atoms with Crippen molar-refractivity contribution in [2.75, 3.05) is 5.32 Å². The number of aliphatic carboxylic acids is 1. The van der Waals surface area contributed by atoms with Gasteiger partial charge in [-0.2, -0.15) is 5.10 Å². The number of rotatable bonds is 7. The number of hydrogen-bond acceptors (Lipinski definition) is 3. The van der Waals surface area contributed by atoms with Gasteiger partial charge in [-0.3, -0.25) is 14.8 Å². The number of aromatic nitrogens is 2. The van der Waals surface area contributed by atoms with Crippen LogP contribution in [-0.2, 0) is 4.79 Å². The average Bonchev–Trinajstić information content (AvgIpc) is 3.20. The van der Waals surface area contributed by atoms with Crippen molar-refractivity contribution in [3.05, 3.63) is 11.8 Å². The molecule has 0 bridgehead atoms. The van der Waals surface area contributed by atoms with E-state index in [1.807, 2.05) is 17.7 Å². The molecule has 0 spiro atoms. The number of anilines is 1. The van der Waals surface area contributed by atoms with Crippen molar-refractivity contribution in [2.24, 2.45) is 5.92 Å². The van der Waals surface area contributed by atoms with Crippen molar-refractivity contribution < 1.29 is 14.7 Å². The van der Waals surface area contributed by atoms with E-state index in [0.29, 0.717) is 24.2 Å². The monoisotopic (exact) mass is 322 g/mol. The van der Waals surface area contributed by atoms with E-state index in [1.54, 1.807) is 13.8 Å². The molecular formula is C16H26N4O3. The third kappa shape index (κ3) is 4.97. The molecule has 1 atom stereocenters. The average molecular weight is 322 g/mol. The maximum atomic E-state index is 12.1. The van der Waals surface area contributed by atoms with Crippen LogP contribution >= 0.6 is 0 Å². The first kappa shape index (κ1) is 17.3. The van der Waals surface area contributed by atoms with E-state index in [0.717, 1.165) is 5.69 Å². The Labute approximate surface area is 136 Å². The normalized spacial score (nSPS) is 16.0. The number of carbonyl (C=O) groups excluding carboxylic acids is 1. The number of carboxylic acids is 1. The van der Waals surface area contributed by atoms with Gasteiger partial charge in [-0.05, 0) is 52.9 Å². The zero-order chi connectivity index (χ0) is 17.2. The molecule has 0 aromatic carbocycles. The van der Waals surface area contributed by atoms with Gasteiger partial charge in [-0.1, -0.05) is 0 Å². The minimum absolute atomic E-state index is 0.0138. The number of carbonyl (C=O) groups is 2. The lowest BCUT2D eigenvalue weighted by Crippen LogP contribution is -2.45. The van der Waals surface area contributed by atoms with Crippen LogP contribution in [0.2, 0.25) is 0 Å². The predicted octanol–water partition coefficient (Wildman–Crippen LogP) is 2.93. The van der Waals surface area contributed by atoms with Crippen molar-refractivity contribution in [1.82, 2.24) is 15.1 Å². The number of urea groups is 1. The van der Waals surface area contributed by atoms with Gasteiger partial charge < -0.3 is 10.4 Å². The van der Waals surface area contributed by atoms with Gasteiger partial charge in [0.1, 0.15) is 0 Å². The highest BCUT2D eigenvalue weighted by Gasteiger charge is 2.30. The lowest BCUT2D eigenvalue weighted by atomic mass is 9.99. The molecule has 1 heterocycles. The summed E-state index contributed by atoms with van der Waals surface area (Å²) in [5.41, 5.74) is 0.423. The number of amides is 2. The first-order valence-electron chi connectivity index (χ1n) is 8.05. The van der Waals surface area contributed by atoms with Crippen LogP contribution < -0.4 is 10.6 Å². The van der Waals surface area contributed by atoms with Crippen LogP contribution in [0.4, 0.5) is 10.6 Å². The van der Waals surface area contributed by atoms with Crippen LogP contribution in [0.15, 0.2) is 6.07 Å². The Morgan fingerprint density at radius 3 is 2.70 bits per heavy atom. The minimum atomic E-state index is -0.872. The van der Waals surface area contributed by atoms with Gasteiger partial charge >= 0.3 is 12.0 Å². The second-order valence-electron chi connectivity index (χ2n) is 7.05. The maximum Gasteiger partial charge on any atom is 0.320 e. The van der Waals surface area contributed by atoms with Crippen LogP contribution in [-0.4, -0.2) is 32.4 Å². The van der Waals surface area contributed by atoms with E-state index in [4.69, 9.17) is 5.11 Å². The lowest BCUT2D eigenvalue weighted by molar-refractivity contribution is -0.137. The summed E-state index contributed by atoms with van der Waals surface area (Å²) >= 11 is 0. The van der Waals surface area contributed by atoms with Crippen molar-refractivity contribution in [3.63, 3.8) is 0 Å². The minimum Gasteiger partial charge on any atom is -0.481 e. The summed E-state index contributed by atoms with van der Waals surface area (Å²) in [6, 6.07) is 1.83. The van der Waals surface area contributed by atoms with Gasteiger partial charge in [-0.25, -0.2) is 4.79 Å². The Bertz CT molecular complexity index is 590. The van der Waals surface area contributed by atoms with Gasteiger partial charge in [0.2, 0.25) is 0 Å². The molecule has 1 aromatic heterocycles. The third-order valence-corrected chi connectivity index (χ3v) is 4.27. The molecule has 2 amide bonds. The van der Waals surface area contributed by atoms with Crippen molar-refractivity contribution >= 4 is 17.8 Å². The smallest absolute Gasteiger partial charge is 0.320 e. The standard InChI is InChI=1S/C16H26N4O3/c1-10-9-13(19-20(10)11(2)12-5-6-12)17-15(23)18-16(3,4)8-7-14(21)22/h9,11-12H,5-8H2,1-4H3,(H,21,22)(H2,17,18,19,23). The Balaban J connectivity index is 1.92. The van der Waals surface area contributed by atoms with Gasteiger partial charge in [0.25, 0.3) is 0 Å². The molecule has 3 N–H and O–H groups in total. The summed E-state index contributed by atoms with van der Waals surface area (Å²) in [6.07, 6.45) is 2.85. The molecule has 0 saturated heterocycles. The lowest BCUT2D eigenvalue weighted by Gasteiger charge is -2.25. The Morgan fingerprint density at radius 2 is 2.13 bits per heavy atom. The summed E-state index contributed by atoms with van der Waals surface area (Å²) < 4.78 is 1.96. The van der Waals surface area contributed by atoms with E-state index in [1.165, 1.54) is 12.8 Å². The maximum absolute atomic E-state index is 12.1. The highest BCUT2D eigenvalue weighted by atomic mass is 16.4. The van der Waals surface area contributed by atoms with E-state index < -0.39 is 11.5 Å². The molecule has 1 fully saturated rings. The fraction of sp³-hybridized carbons (Fsp3) is 0.688. The summed E-state index contributed by atoms with van der Waals surface area (Å²) in [6.45, 7) is 7.73. The molecular weight excluding hydrogens is 296 g/mol. The number of carboxylic acid groups (broad SMARTS) is 1. The summed E-state index contributed by atoms with van der Waals surface area (Å²) in [5.74, 6) is 0.329. The van der Waals surface area contributed by atoms with Crippen LogP contribution in [0.3, 0.4) is 0 Å². The molecule has 0 radical (unpaired) electrons. The third-order valence-electron chi connectivity index (χ3n) is 4.27. The molecule has 128 valence electrons. The first-order chi connectivity index (χ1) is 10.7. The number of hydrogen-bond donors (Lipinski definition) is 3. The quantitative estimate of drug-likeness (QED) is 0.719. The summed E-state index contributed by atoms with van der Waals surface area (Å²) in [7, 11) is 0. The van der Waals surface area contributed by atoms with Crippen molar-refractivity contribution in [2.45, 2.75) is 65.0 Å². The van der Waals surface area contributed by atoms with Crippen molar-refractivity contribution in [1.29, 1.82) is 0 Å². The summed E-state index contributed by atoms with van der Waals surface area (Å²) in [5, 5.41) is 18.7. The van der Waals surface area contributed by atoms with Gasteiger partial charge in [0, 0.05) is 23.7 Å². The molecule has 1 aliphatic carbocycles. The zero-order valence-corrected chi connectivity index (χ0v) is 14.2. The largest absolute Gasteiger partial charge is 0.481 e. The molecule has 0 aliphatic heterocycles. The highest BCUT2D eigenvalue weighted by molar-refractivity contribution is 5.88. The second-order valence-corrected chi connectivity index (χ2v) is 7.05. The predicted molar refractivity (Wildman–Crippen MR) is 87.5 cm³/mol. The number of nitrogens with one attached hydrogen (secondary N) is 2. The Hall–Kier alpha value is -2.05. The SMILES string of the molecule is Cc1cc(NC(=O)NC(C)(C)CCC(=O)O)nn1C(C)C1CC1. The fourth-order valence-electron chi connectivity index (χ4n) is 2.68. The van der Waals surface area contributed by atoms with Gasteiger partial charge in [-0.15, -0.1) is 0 Å². The Morgan fingerprint density at radius 1 is 1.48 bits per heavy atom. The van der Waals surface area contributed by atoms with Crippen LogP contribution in [0.1, 0.15) is 58.2 Å². The molecule has 7 nitrogen and oxygen atoms in total. The van der Waals surface area contributed by atoms with E-state index in [9.17, 15) is 9.59 Å². The second kappa shape index (κ2) is 6.60. The van der Waals surface area contributed by atoms with E-state index in [-0.39, 0.29) is 12.5 Å². The molecule has 7 heteroatoms. The topological polar surface area (TPSA) is 96.2 Å². The highest BCUT2D eigenvalue weighted by Crippen LogP contribution is 2.39. The summed E-state index contributed by atoms with van der Waals surface area (Å²) in [4.78, 5) is 22.7. The van der Waals surface area contributed by atoms with Gasteiger partial charge in [0.15, 0.2) is 5.82 Å². The van der Waals surface area contributed by atoms with Crippen LogP contribution in [0, 0.1) is 12.8 Å². The zero-order valence-electron chi connectivity index (χ0n) is 14.2. The fourth-order valence-corrected chi connectivity index (χ4v) is 2.68. The van der Waals surface area contributed by atoms with E-state index in [2.05, 4.69) is 22.7 Å². The molecule has 1 unspecified atom stereocenters. The molecule has 1 saturated carbocycles. The first-order valence-corrected chi connectivity index (χ1v) is 8.05. The van der Waals surface area contributed by atoms with Crippen LogP contribution in [0.5, 0.6) is 0 Å². The van der Waals surface area contributed by atoms with Gasteiger partial charge in [0.05, 0.1) is 6.04 Å². The number of aryl methyl sites for hydroxylation is 1. The molecule has 23 heavy (non-hydrogen) atoms. The number of nitrogens with zero attached hydrogens (tertiary/aromatic N) is 2. The van der Waals surface area contributed by atoms with Crippen LogP contribution in [0.25, 0.3) is 0 Å².